The number of piperazine rings is 1. The van der Waals surface area contributed by atoms with E-state index in [-0.39, 0.29) is 18.2 Å². The second kappa shape index (κ2) is 13.8. The summed E-state index contributed by atoms with van der Waals surface area (Å²) in [7, 11) is 0. The maximum Gasteiger partial charge on any atom is 0.256 e. The molecule has 2 heterocycles. The first kappa shape index (κ1) is 29.5. The molecule has 0 radical (unpaired) electrons. The number of hydrogen-bond acceptors (Lipinski definition) is 6. The molecule has 3 aromatic rings. The molecule has 1 atom stereocenters. The smallest absolute Gasteiger partial charge is 0.256 e. The van der Waals surface area contributed by atoms with E-state index in [9.17, 15) is 14.0 Å². The van der Waals surface area contributed by atoms with E-state index in [2.05, 4.69) is 39.4 Å². The number of amides is 2. The zero-order valence-electron chi connectivity index (χ0n) is 23.7. The summed E-state index contributed by atoms with van der Waals surface area (Å²) in [5.74, 6) is -0.255. The van der Waals surface area contributed by atoms with Crippen molar-refractivity contribution in [3.63, 3.8) is 0 Å². The molecular weight excluding hydrogens is 553 g/mol. The summed E-state index contributed by atoms with van der Waals surface area (Å²) in [6.45, 7) is 7.67. The first-order valence-corrected chi connectivity index (χ1v) is 14.8. The highest BCUT2D eigenvalue weighted by atomic mass is 32.1. The molecule has 2 fully saturated rings. The van der Waals surface area contributed by atoms with Crippen molar-refractivity contribution in [2.24, 2.45) is 0 Å². The molecule has 42 heavy (non-hydrogen) atoms. The molecule has 0 unspecified atom stereocenters. The summed E-state index contributed by atoms with van der Waals surface area (Å²) < 4.78 is 19.1. The Labute approximate surface area is 251 Å². The second-order valence-electron chi connectivity index (χ2n) is 10.4. The van der Waals surface area contributed by atoms with E-state index >= 15 is 0 Å². The molecule has 2 amide bonds. The predicted molar refractivity (Wildman–Crippen MR) is 168 cm³/mol. The summed E-state index contributed by atoms with van der Waals surface area (Å²) in [5.41, 5.74) is 2.35. The van der Waals surface area contributed by atoms with Gasteiger partial charge in [0, 0.05) is 44.1 Å². The van der Waals surface area contributed by atoms with Gasteiger partial charge in [-0.3, -0.25) is 19.4 Å². The Morgan fingerprint density at radius 1 is 0.929 bits per heavy atom. The number of carbonyl (C=O) groups excluding carboxylic acids is 2. The van der Waals surface area contributed by atoms with Crippen LogP contribution in [0.4, 0.5) is 21.5 Å². The van der Waals surface area contributed by atoms with Crippen LogP contribution in [0.15, 0.2) is 78.9 Å². The molecule has 0 aliphatic carbocycles. The fourth-order valence-electron chi connectivity index (χ4n) is 5.44. The Balaban J connectivity index is 1.22. The van der Waals surface area contributed by atoms with Crippen molar-refractivity contribution in [3.8, 4) is 5.75 Å². The van der Waals surface area contributed by atoms with Crippen LogP contribution in [0.3, 0.4) is 0 Å². The van der Waals surface area contributed by atoms with Crippen LogP contribution < -0.4 is 19.9 Å². The van der Waals surface area contributed by atoms with Crippen molar-refractivity contribution in [1.29, 1.82) is 0 Å². The zero-order valence-corrected chi connectivity index (χ0v) is 24.6. The first-order valence-electron chi connectivity index (χ1n) is 14.4. The number of ether oxygens (including phenoxy) is 1. The Morgan fingerprint density at radius 3 is 2.29 bits per heavy atom. The number of para-hydroxylation sites is 1. The predicted octanol–water partition coefficient (Wildman–Crippen LogP) is 4.77. The van der Waals surface area contributed by atoms with Crippen molar-refractivity contribution in [1.82, 2.24) is 9.80 Å². The van der Waals surface area contributed by atoms with Crippen molar-refractivity contribution >= 4 is 46.2 Å². The van der Waals surface area contributed by atoms with Crippen molar-refractivity contribution in [2.45, 2.75) is 25.8 Å². The highest BCUT2D eigenvalue weighted by Crippen LogP contribution is 2.28. The van der Waals surface area contributed by atoms with Gasteiger partial charge in [-0.1, -0.05) is 18.2 Å². The number of carbonyl (C=O) groups is 2. The van der Waals surface area contributed by atoms with Gasteiger partial charge in [-0.2, -0.15) is 0 Å². The van der Waals surface area contributed by atoms with Crippen LogP contribution in [0.2, 0.25) is 0 Å². The monoisotopic (exact) mass is 589 g/mol. The highest BCUT2D eigenvalue weighted by molar-refractivity contribution is 7.80. The molecular formula is C32H36FN5O3S. The summed E-state index contributed by atoms with van der Waals surface area (Å²) in [5, 5.41) is 3.22. The number of nitrogens with zero attached hydrogens (tertiary/aromatic N) is 4. The Bertz CT molecular complexity index is 1370. The largest absolute Gasteiger partial charge is 0.494 e. The van der Waals surface area contributed by atoms with Gasteiger partial charge in [0.05, 0.1) is 18.7 Å². The lowest BCUT2D eigenvalue weighted by Gasteiger charge is -2.36. The second-order valence-corrected chi connectivity index (χ2v) is 10.7. The van der Waals surface area contributed by atoms with Crippen LogP contribution >= 0.6 is 12.2 Å². The number of benzene rings is 3. The van der Waals surface area contributed by atoms with Gasteiger partial charge >= 0.3 is 0 Å². The average molecular weight is 590 g/mol. The van der Waals surface area contributed by atoms with Gasteiger partial charge in [0.15, 0.2) is 5.11 Å². The van der Waals surface area contributed by atoms with E-state index in [1.165, 1.54) is 34.9 Å². The van der Waals surface area contributed by atoms with Crippen LogP contribution in [0.5, 0.6) is 5.75 Å². The van der Waals surface area contributed by atoms with Crippen molar-refractivity contribution in [3.05, 3.63) is 84.7 Å². The molecule has 0 bridgehead atoms. The molecule has 220 valence electrons. The standard InChI is InChI=1S/C32H36FN5O3S/c1-2-41-28-15-11-25(12-16-28)34-30(39)23-29-31(40)38(27-13-9-24(33)10-14-27)32(42)37(29)18-6-17-35-19-21-36(22-20-35)26-7-4-3-5-8-26/h3-5,7-16,29H,2,6,17-23H2,1H3,(H,34,39)/t29-/m1/s1. The molecule has 2 aliphatic rings. The highest BCUT2D eigenvalue weighted by Gasteiger charge is 2.44. The van der Waals surface area contributed by atoms with Crippen molar-refractivity contribution in [2.75, 3.05) is 61.0 Å². The molecule has 0 spiro atoms. The average Bonchev–Trinajstić information content (AvgIpc) is 3.23. The topological polar surface area (TPSA) is 68.4 Å². The molecule has 0 aromatic heterocycles. The Hall–Kier alpha value is -4.02. The minimum Gasteiger partial charge on any atom is -0.494 e. The third-order valence-corrected chi connectivity index (χ3v) is 8.02. The third kappa shape index (κ3) is 7.06. The number of thiocarbonyl (C=S) groups is 1. The number of hydrogen-bond donors (Lipinski definition) is 1. The maximum atomic E-state index is 13.6. The van der Waals surface area contributed by atoms with Gasteiger partial charge < -0.3 is 19.9 Å². The minimum atomic E-state index is -0.750. The Kier molecular flexibility index (Phi) is 9.66. The van der Waals surface area contributed by atoms with E-state index in [0.717, 1.165) is 44.9 Å². The molecule has 2 aliphatic heterocycles. The summed E-state index contributed by atoms with van der Waals surface area (Å²) >= 11 is 5.76. The number of nitrogens with one attached hydrogen (secondary N) is 1. The number of rotatable bonds is 11. The fourth-order valence-corrected chi connectivity index (χ4v) is 5.85. The fraction of sp³-hybridized carbons (Fsp3) is 0.344. The molecule has 3 aromatic carbocycles. The van der Waals surface area contributed by atoms with Crippen molar-refractivity contribution < 1.29 is 18.7 Å². The lowest BCUT2D eigenvalue weighted by atomic mass is 10.1. The van der Waals surface area contributed by atoms with E-state index < -0.39 is 11.9 Å². The molecule has 2 saturated heterocycles. The molecule has 1 N–H and O–H groups in total. The lowest BCUT2D eigenvalue weighted by molar-refractivity contribution is -0.124. The molecule has 0 saturated carbocycles. The summed E-state index contributed by atoms with van der Waals surface area (Å²) in [4.78, 5) is 34.8. The van der Waals surface area contributed by atoms with Gasteiger partial charge in [-0.15, -0.1) is 0 Å². The third-order valence-electron chi connectivity index (χ3n) is 7.60. The summed E-state index contributed by atoms with van der Waals surface area (Å²) in [6.07, 6.45) is 0.729. The van der Waals surface area contributed by atoms with Crippen LogP contribution in [0, 0.1) is 5.82 Å². The van der Waals surface area contributed by atoms with Gasteiger partial charge in [0.1, 0.15) is 17.6 Å². The van der Waals surface area contributed by atoms with Crippen LogP contribution in [0.25, 0.3) is 0 Å². The van der Waals surface area contributed by atoms with Gasteiger partial charge in [-0.05, 0) is 92.8 Å². The SMILES string of the molecule is CCOc1ccc(NC(=O)C[C@@H]2C(=O)N(c3ccc(F)cc3)C(=S)N2CCCN2CCN(c3ccccc3)CC2)cc1. The summed E-state index contributed by atoms with van der Waals surface area (Å²) in [6, 6.07) is 22.5. The molecule has 8 nitrogen and oxygen atoms in total. The first-order chi connectivity index (χ1) is 20.4. The van der Waals surface area contributed by atoms with E-state index in [4.69, 9.17) is 17.0 Å². The van der Waals surface area contributed by atoms with E-state index in [1.807, 2.05) is 17.9 Å². The quantitative estimate of drug-likeness (QED) is 0.323. The van der Waals surface area contributed by atoms with Crippen LogP contribution in [-0.4, -0.2) is 78.6 Å². The number of halogens is 1. The number of anilines is 3. The Morgan fingerprint density at radius 2 is 1.62 bits per heavy atom. The van der Waals surface area contributed by atoms with E-state index in [0.29, 0.717) is 29.6 Å². The van der Waals surface area contributed by atoms with Gasteiger partial charge in [0.25, 0.3) is 5.91 Å². The van der Waals surface area contributed by atoms with Crippen LogP contribution in [-0.2, 0) is 9.59 Å². The zero-order chi connectivity index (χ0) is 29.5. The maximum absolute atomic E-state index is 13.6. The molecule has 5 rings (SSSR count). The van der Waals surface area contributed by atoms with E-state index in [1.54, 1.807) is 24.3 Å². The molecule has 10 heteroatoms. The minimum absolute atomic E-state index is 0.0559. The normalized spacial score (nSPS) is 17.6. The van der Waals surface area contributed by atoms with Gasteiger partial charge in [0.2, 0.25) is 5.91 Å². The lowest BCUT2D eigenvalue weighted by Crippen LogP contribution is -2.47. The van der Waals surface area contributed by atoms with Gasteiger partial charge in [-0.25, -0.2) is 4.39 Å². The van der Waals surface area contributed by atoms with Crippen LogP contribution in [0.1, 0.15) is 19.8 Å².